The van der Waals surface area contributed by atoms with Gasteiger partial charge in [-0.15, -0.1) is 0 Å². The zero-order valence-electron chi connectivity index (χ0n) is 19.2. The van der Waals surface area contributed by atoms with Crippen LogP contribution in [-0.4, -0.2) is 41.5 Å². The fourth-order valence-corrected chi connectivity index (χ4v) is 3.73. The molecule has 0 unspecified atom stereocenters. The highest BCUT2D eigenvalue weighted by molar-refractivity contribution is 6.30. The maximum absolute atomic E-state index is 12.7. The number of carbonyl (C=O) groups is 3. The molecule has 176 valence electrons. The number of benzene rings is 2. The molecule has 3 amide bonds. The summed E-state index contributed by atoms with van der Waals surface area (Å²) < 4.78 is 5.42. The number of para-hydroxylation sites is 2. The molecule has 1 heterocycles. The second-order valence-corrected chi connectivity index (χ2v) is 9.61. The van der Waals surface area contributed by atoms with Crippen LogP contribution in [0.15, 0.2) is 48.5 Å². The normalized spacial score (nSPS) is 14.5. The van der Waals surface area contributed by atoms with E-state index in [4.69, 9.17) is 16.3 Å². The Hall–Kier alpha value is -3.06. The minimum atomic E-state index is -0.524. The van der Waals surface area contributed by atoms with Gasteiger partial charge >= 0.3 is 6.09 Å². The summed E-state index contributed by atoms with van der Waals surface area (Å²) in [6, 6.07) is 13.7. The maximum atomic E-state index is 12.7. The van der Waals surface area contributed by atoms with Gasteiger partial charge in [-0.25, -0.2) is 4.79 Å². The van der Waals surface area contributed by atoms with Gasteiger partial charge in [0.05, 0.1) is 11.4 Å². The van der Waals surface area contributed by atoms with Gasteiger partial charge in [0.25, 0.3) is 5.91 Å². The number of halogens is 1. The second-order valence-electron chi connectivity index (χ2n) is 9.17. The smallest absolute Gasteiger partial charge is 0.410 e. The molecule has 0 saturated carbocycles. The van der Waals surface area contributed by atoms with Crippen molar-refractivity contribution in [2.45, 2.75) is 45.6 Å². The van der Waals surface area contributed by atoms with Crippen molar-refractivity contribution in [2.75, 3.05) is 23.7 Å². The molecule has 0 aliphatic carbocycles. The second kappa shape index (κ2) is 10.7. The van der Waals surface area contributed by atoms with Crippen LogP contribution in [-0.2, 0) is 9.53 Å². The fraction of sp³-hybridized carbons (Fsp3) is 0.400. The number of amides is 3. The molecule has 1 aliphatic rings. The van der Waals surface area contributed by atoms with Gasteiger partial charge in [0.1, 0.15) is 5.60 Å². The number of rotatable bonds is 5. The third kappa shape index (κ3) is 7.49. The molecule has 8 heteroatoms. The third-order valence-corrected chi connectivity index (χ3v) is 5.55. The number of hydrogen-bond acceptors (Lipinski definition) is 4. The summed E-state index contributed by atoms with van der Waals surface area (Å²) in [5.41, 5.74) is 1.00. The van der Waals surface area contributed by atoms with E-state index < -0.39 is 5.60 Å². The van der Waals surface area contributed by atoms with Gasteiger partial charge in [-0.3, -0.25) is 9.59 Å². The molecule has 33 heavy (non-hydrogen) atoms. The van der Waals surface area contributed by atoms with Crippen molar-refractivity contribution in [2.24, 2.45) is 5.92 Å². The van der Waals surface area contributed by atoms with Gasteiger partial charge in [0.2, 0.25) is 5.91 Å². The molecule has 2 aromatic carbocycles. The van der Waals surface area contributed by atoms with Gasteiger partial charge in [-0.2, -0.15) is 0 Å². The highest BCUT2D eigenvalue weighted by Gasteiger charge is 2.28. The predicted octanol–water partition coefficient (Wildman–Crippen LogP) is 5.57. The summed E-state index contributed by atoms with van der Waals surface area (Å²) in [5.74, 6) is -0.235. The number of nitrogens with one attached hydrogen (secondary N) is 2. The highest BCUT2D eigenvalue weighted by Crippen LogP contribution is 2.26. The standard InChI is InChI=1S/C25H30ClN3O4/c1-25(2,3)33-24(32)29-14-12-17(13-15-29)16-22(30)27-20-6-4-5-7-21(20)28-23(31)18-8-10-19(26)11-9-18/h4-11,17H,12-16H2,1-3H3,(H,27,30)(H,28,31). The lowest BCUT2D eigenvalue weighted by atomic mass is 9.93. The maximum Gasteiger partial charge on any atom is 0.410 e. The van der Waals surface area contributed by atoms with Gasteiger partial charge in [-0.1, -0.05) is 23.7 Å². The van der Waals surface area contributed by atoms with E-state index in [0.717, 1.165) is 12.8 Å². The Balaban J connectivity index is 1.53. The Morgan fingerprint density at radius 3 is 2.12 bits per heavy atom. The summed E-state index contributed by atoms with van der Waals surface area (Å²) in [6.07, 6.45) is 1.51. The van der Waals surface area contributed by atoms with E-state index in [0.29, 0.717) is 41.5 Å². The molecule has 1 fully saturated rings. The molecule has 1 saturated heterocycles. The predicted molar refractivity (Wildman–Crippen MR) is 130 cm³/mol. The lowest BCUT2D eigenvalue weighted by Crippen LogP contribution is -2.42. The van der Waals surface area contributed by atoms with E-state index in [-0.39, 0.29) is 23.8 Å². The molecule has 0 atom stereocenters. The Bertz CT molecular complexity index is 993. The number of nitrogens with zero attached hydrogens (tertiary/aromatic N) is 1. The van der Waals surface area contributed by atoms with Gasteiger partial charge in [0, 0.05) is 30.1 Å². The van der Waals surface area contributed by atoms with Crippen LogP contribution in [0.1, 0.15) is 50.4 Å². The number of carbonyl (C=O) groups excluding carboxylic acids is 3. The number of anilines is 2. The van der Waals surface area contributed by atoms with Crippen molar-refractivity contribution in [3.8, 4) is 0 Å². The zero-order chi connectivity index (χ0) is 24.0. The summed E-state index contributed by atoms with van der Waals surface area (Å²) >= 11 is 5.88. The van der Waals surface area contributed by atoms with Crippen LogP contribution < -0.4 is 10.6 Å². The van der Waals surface area contributed by atoms with Crippen LogP contribution in [0.5, 0.6) is 0 Å². The summed E-state index contributed by atoms with van der Waals surface area (Å²) in [7, 11) is 0. The Morgan fingerprint density at radius 1 is 0.970 bits per heavy atom. The van der Waals surface area contributed by atoms with E-state index in [9.17, 15) is 14.4 Å². The molecule has 2 aromatic rings. The van der Waals surface area contributed by atoms with E-state index in [1.165, 1.54) is 0 Å². The third-order valence-electron chi connectivity index (χ3n) is 5.30. The van der Waals surface area contributed by atoms with Crippen molar-refractivity contribution in [3.05, 3.63) is 59.1 Å². The van der Waals surface area contributed by atoms with E-state index in [1.807, 2.05) is 20.8 Å². The van der Waals surface area contributed by atoms with Crippen LogP contribution >= 0.6 is 11.6 Å². The number of ether oxygens (including phenoxy) is 1. The first-order valence-electron chi connectivity index (χ1n) is 11.0. The molecule has 0 spiro atoms. The lowest BCUT2D eigenvalue weighted by molar-refractivity contribution is -0.117. The molecular weight excluding hydrogens is 442 g/mol. The number of piperidine rings is 1. The molecule has 2 N–H and O–H groups in total. The van der Waals surface area contributed by atoms with Crippen molar-refractivity contribution in [1.29, 1.82) is 0 Å². The Morgan fingerprint density at radius 2 is 1.55 bits per heavy atom. The van der Waals surface area contributed by atoms with Crippen LogP contribution in [0.25, 0.3) is 0 Å². The van der Waals surface area contributed by atoms with Gasteiger partial charge in [0.15, 0.2) is 0 Å². The van der Waals surface area contributed by atoms with Gasteiger partial charge in [-0.05, 0) is 75.9 Å². The van der Waals surface area contributed by atoms with Crippen LogP contribution in [0.3, 0.4) is 0 Å². The fourth-order valence-electron chi connectivity index (χ4n) is 3.61. The molecule has 0 bridgehead atoms. The lowest BCUT2D eigenvalue weighted by Gasteiger charge is -2.33. The largest absolute Gasteiger partial charge is 0.444 e. The van der Waals surface area contributed by atoms with Crippen molar-refractivity contribution >= 4 is 40.9 Å². The van der Waals surface area contributed by atoms with Crippen LogP contribution in [0.2, 0.25) is 5.02 Å². The first-order chi connectivity index (χ1) is 15.6. The molecule has 0 radical (unpaired) electrons. The monoisotopic (exact) mass is 471 g/mol. The average molecular weight is 472 g/mol. The van der Waals surface area contributed by atoms with E-state index >= 15 is 0 Å². The first kappa shape index (κ1) is 24.6. The molecular formula is C25H30ClN3O4. The van der Waals surface area contributed by atoms with Gasteiger partial charge < -0.3 is 20.3 Å². The minimum absolute atomic E-state index is 0.126. The molecule has 0 aromatic heterocycles. The summed E-state index contributed by atoms with van der Waals surface area (Å²) in [4.78, 5) is 39.1. The average Bonchev–Trinajstić information content (AvgIpc) is 2.75. The first-order valence-corrected chi connectivity index (χ1v) is 11.4. The molecule has 3 rings (SSSR count). The summed E-state index contributed by atoms with van der Waals surface area (Å²) in [6.45, 7) is 6.67. The van der Waals surface area contributed by atoms with Crippen molar-refractivity contribution < 1.29 is 19.1 Å². The van der Waals surface area contributed by atoms with Crippen LogP contribution in [0.4, 0.5) is 16.2 Å². The highest BCUT2D eigenvalue weighted by atomic mass is 35.5. The van der Waals surface area contributed by atoms with E-state index in [1.54, 1.807) is 53.4 Å². The van der Waals surface area contributed by atoms with Crippen molar-refractivity contribution in [1.82, 2.24) is 4.90 Å². The summed E-state index contributed by atoms with van der Waals surface area (Å²) in [5, 5.41) is 6.30. The minimum Gasteiger partial charge on any atom is -0.444 e. The molecule has 1 aliphatic heterocycles. The van der Waals surface area contributed by atoms with Crippen molar-refractivity contribution in [3.63, 3.8) is 0 Å². The van der Waals surface area contributed by atoms with E-state index in [2.05, 4.69) is 10.6 Å². The number of likely N-dealkylation sites (tertiary alicyclic amines) is 1. The topological polar surface area (TPSA) is 87.7 Å². The quantitative estimate of drug-likeness (QED) is 0.596. The molecule has 7 nitrogen and oxygen atoms in total. The SMILES string of the molecule is CC(C)(C)OC(=O)N1CCC(CC(=O)Nc2ccccc2NC(=O)c2ccc(Cl)cc2)CC1. The Kier molecular flexibility index (Phi) is 7.97. The van der Waals surface area contributed by atoms with Crippen LogP contribution in [0, 0.1) is 5.92 Å². The Labute approximate surface area is 199 Å². The number of hydrogen-bond donors (Lipinski definition) is 2. The zero-order valence-corrected chi connectivity index (χ0v) is 19.9.